The molecule has 0 unspecified atom stereocenters. The van der Waals surface area contributed by atoms with Crippen LogP contribution in [0.5, 0.6) is 0 Å². The van der Waals surface area contributed by atoms with Crippen LogP contribution < -0.4 is 10.5 Å². The van der Waals surface area contributed by atoms with E-state index < -0.39 is 10.0 Å². The van der Waals surface area contributed by atoms with Crippen molar-refractivity contribution in [1.29, 1.82) is 0 Å². The normalized spacial score (nSPS) is 12.6. The zero-order valence-corrected chi connectivity index (χ0v) is 14.0. The molecule has 0 aliphatic heterocycles. The third-order valence-electron chi connectivity index (χ3n) is 2.81. The third-order valence-corrected chi connectivity index (χ3v) is 5.69. The molecule has 0 spiro atoms. The van der Waals surface area contributed by atoms with Crippen LogP contribution in [0.1, 0.15) is 33.6 Å². The number of rotatable bonds is 8. The molecule has 0 saturated carbocycles. The lowest BCUT2D eigenvalue weighted by Crippen LogP contribution is -2.44. The zero-order valence-electron chi connectivity index (χ0n) is 12.3. The van der Waals surface area contributed by atoms with E-state index in [-0.39, 0.29) is 11.3 Å². The Morgan fingerprint density at radius 2 is 1.85 bits per heavy atom. The van der Waals surface area contributed by atoms with Crippen molar-refractivity contribution in [2.24, 2.45) is 0 Å². The van der Waals surface area contributed by atoms with Crippen LogP contribution in [-0.2, 0) is 10.0 Å². The van der Waals surface area contributed by atoms with E-state index in [0.29, 0.717) is 11.4 Å². The van der Waals surface area contributed by atoms with Crippen molar-refractivity contribution in [3.63, 3.8) is 0 Å². The molecule has 3 N–H and O–H groups in total. The summed E-state index contributed by atoms with van der Waals surface area (Å²) >= 11 is 1.52. The van der Waals surface area contributed by atoms with Crippen molar-refractivity contribution in [3.05, 3.63) is 24.3 Å². The Morgan fingerprint density at radius 1 is 1.25 bits per heavy atom. The smallest absolute Gasteiger partial charge is 0.212 e. The lowest BCUT2D eigenvalue weighted by Gasteiger charge is -2.25. The van der Waals surface area contributed by atoms with Gasteiger partial charge in [-0.25, -0.2) is 13.1 Å². The molecule has 114 valence electrons. The van der Waals surface area contributed by atoms with Gasteiger partial charge in [0.2, 0.25) is 10.0 Å². The lowest BCUT2D eigenvalue weighted by atomic mass is 10.0. The number of nitrogens with two attached hydrogens (primary N) is 1. The highest BCUT2D eigenvalue weighted by atomic mass is 32.2. The molecule has 1 aromatic carbocycles. The molecule has 0 bridgehead atoms. The van der Waals surface area contributed by atoms with E-state index in [1.807, 2.05) is 45.0 Å². The molecule has 0 aliphatic rings. The predicted molar refractivity (Wildman–Crippen MR) is 87.5 cm³/mol. The van der Waals surface area contributed by atoms with E-state index in [0.717, 1.165) is 17.7 Å². The highest BCUT2D eigenvalue weighted by Gasteiger charge is 2.23. The number of benzene rings is 1. The molecule has 0 heterocycles. The summed E-state index contributed by atoms with van der Waals surface area (Å²) < 4.78 is 26.8. The van der Waals surface area contributed by atoms with Crippen LogP contribution in [0.4, 0.5) is 5.69 Å². The maximum absolute atomic E-state index is 12.0. The summed E-state index contributed by atoms with van der Waals surface area (Å²) in [5.41, 5.74) is 5.94. The molecule has 1 rings (SSSR count). The largest absolute Gasteiger partial charge is 0.399 e. The molecule has 0 atom stereocenters. The van der Waals surface area contributed by atoms with Gasteiger partial charge in [0.15, 0.2) is 0 Å². The Hall–Kier alpha value is -0.720. The SMILES string of the molecule is CCCC(C)(C)NS(=O)(=O)CCSc1ccc(N)cc1. The number of nitrogen functional groups attached to an aromatic ring is 1. The minimum Gasteiger partial charge on any atom is -0.399 e. The van der Waals surface area contributed by atoms with E-state index >= 15 is 0 Å². The third kappa shape index (κ3) is 6.63. The number of anilines is 1. The van der Waals surface area contributed by atoms with E-state index in [1.165, 1.54) is 11.8 Å². The summed E-state index contributed by atoms with van der Waals surface area (Å²) in [5.74, 6) is 0.649. The Kier molecular flexibility index (Phi) is 6.36. The molecule has 0 fully saturated rings. The van der Waals surface area contributed by atoms with E-state index in [4.69, 9.17) is 5.73 Å². The molecule has 0 radical (unpaired) electrons. The van der Waals surface area contributed by atoms with E-state index in [9.17, 15) is 8.42 Å². The molecule has 1 aromatic rings. The van der Waals surface area contributed by atoms with Crippen LogP contribution in [-0.4, -0.2) is 25.5 Å². The average Bonchev–Trinajstić information content (AvgIpc) is 2.29. The van der Waals surface area contributed by atoms with E-state index in [2.05, 4.69) is 4.72 Å². The van der Waals surface area contributed by atoms with Gasteiger partial charge < -0.3 is 5.73 Å². The topological polar surface area (TPSA) is 72.2 Å². The Morgan fingerprint density at radius 3 is 2.40 bits per heavy atom. The van der Waals surface area contributed by atoms with Crippen molar-refractivity contribution < 1.29 is 8.42 Å². The van der Waals surface area contributed by atoms with Crippen LogP contribution in [0.3, 0.4) is 0 Å². The average molecular weight is 316 g/mol. The maximum Gasteiger partial charge on any atom is 0.212 e. The zero-order chi connectivity index (χ0) is 15.2. The highest BCUT2D eigenvalue weighted by Crippen LogP contribution is 2.20. The number of nitrogens with one attached hydrogen (secondary N) is 1. The van der Waals surface area contributed by atoms with Crippen LogP contribution in [0, 0.1) is 0 Å². The monoisotopic (exact) mass is 316 g/mol. The van der Waals surface area contributed by atoms with Crippen LogP contribution in [0.2, 0.25) is 0 Å². The maximum atomic E-state index is 12.0. The van der Waals surface area contributed by atoms with Gasteiger partial charge in [-0.2, -0.15) is 0 Å². The number of sulfonamides is 1. The Bertz CT molecular complexity index is 510. The van der Waals surface area contributed by atoms with Gasteiger partial charge in [-0.15, -0.1) is 11.8 Å². The minimum absolute atomic E-state index is 0.120. The summed E-state index contributed by atoms with van der Waals surface area (Å²) in [5, 5.41) is 0. The molecular weight excluding hydrogens is 292 g/mol. The number of hydrogen-bond acceptors (Lipinski definition) is 4. The van der Waals surface area contributed by atoms with Crippen LogP contribution >= 0.6 is 11.8 Å². The summed E-state index contributed by atoms with van der Waals surface area (Å²) in [6.45, 7) is 5.88. The first kappa shape index (κ1) is 17.3. The van der Waals surface area contributed by atoms with Gasteiger partial charge in [0.25, 0.3) is 0 Å². The summed E-state index contributed by atoms with van der Waals surface area (Å²) in [4.78, 5) is 1.03. The molecule has 20 heavy (non-hydrogen) atoms. The first-order chi connectivity index (χ1) is 9.24. The van der Waals surface area contributed by atoms with Crippen molar-refractivity contribution in [1.82, 2.24) is 4.72 Å². The van der Waals surface area contributed by atoms with Crippen molar-refractivity contribution in [3.8, 4) is 0 Å². The molecule has 6 heteroatoms. The van der Waals surface area contributed by atoms with Crippen molar-refractivity contribution >= 4 is 27.5 Å². The number of thioether (sulfide) groups is 1. The van der Waals surface area contributed by atoms with Crippen LogP contribution in [0.15, 0.2) is 29.2 Å². The fraction of sp³-hybridized carbons (Fsp3) is 0.571. The molecule has 0 aromatic heterocycles. The molecule has 0 amide bonds. The highest BCUT2D eigenvalue weighted by molar-refractivity contribution is 8.00. The first-order valence-electron chi connectivity index (χ1n) is 6.74. The van der Waals surface area contributed by atoms with Crippen molar-refractivity contribution in [2.45, 2.75) is 44.0 Å². The van der Waals surface area contributed by atoms with Gasteiger partial charge in [0.1, 0.15) is 0 Å². The van der Waals surface area contributed by atoms with Crippen LogP contribution in [0.25, 0.3) is 0 Å². The summed E-state index contributed by atoms with van der Waals surface area (Å²) in [6, 6.07) is 7.45. The lowest BCUT2D eigenvalue weighted by molar-refractivity contribution is 0.418. The Balaban J connectivity index is 2.45. The Labute approximate surface area is 126 Å². The second kappa shape index (κ2) is 7.33. The molecule has 0 aliphatic carbocycles. The van der Waals surface area contributed by atoms with Gasteiger partial charge in [-0.1, -0.05) is 13.3 Å². The quantitative estimate of drug-likeness (QED) is 0.571. The predicted octanol–water partition coefficient (Wildman–Crippen LogP) is 2.86. The van der Waals surface area contributed by atoms with Gasteiger partial charge >= 0.3 is 0 Å². The standard InChI is InChI=1S/C14H24N2O2S2/c1-4-9-14(2,3)16-20(17,18)11-10-19-13-7-5-12(15)6-8-13/h5-8,16H,4,9-11,15H2,1-3H3. The summed E-state index contributed by atoms with van der Waals surface area (Å²) in [7, 11) is -3.24. The van der Waals surface area contributed by atoms with Gasteiger partial charge in [0, 0.05) is 21.9 Å². The van der Waals surface area contributed by atoms with Gasteiger partial charge in [-0.3, -0.25) is 0 Å². The summed E-state index contributed by atoms with van der Waals surface area (Å²) in [6.07, 6.45) is 1.78. The molecular formula is C14H24N2O2S2. The van der Waals surface area contributed by atoms with E-state index in [1.54, 1.807) is 0 Å². The second-order valence-corrected chi connectivity index (χ2v) is 8.48. The fourth-order valence-electron chi connectivity index (χ4n) is 1.98. The first-order valence-corrected chi connectivity index (χ1v) is 9.38. The minimum atomic E-state index is -3.24. The second-order valence-electron chi connectivity index (χ2n) is 5.47. The molecule has 4 nitrogen and oxygen atoms in total. The van der Waals surface area contributed by atoms with Crippen molar-refractivity contribution in [2.75, 3.05) is 17.2 Å². The van der Waals surface area contributed by atoms with Gasteiger partial charge in [-0.05, 0) is 44.5 Å². The fourth-order valence-corrected chi connectivity index (χ4v) is 4.80. The number of hydrogen-bond donors (Lipinski definition) is 2. The van der Waals surface area contributed by atoms with Gasteiger partial charge in [0.05, 0.1) is 5.75 Å². The molecule has 0 saturated heterocycles.